The SMILES string of the molecule is CCCCCC1CCC(c2ccc(COOC(COC(=O)c3ccc(C4CCC(C)CC4)cc3)c3ccccc3)cc2)CC1.[HH].[HH]. The number of benzene rings is 3. The molecule has 0 radical (unpaired) electrons. The summed E-state index contributed by atoms with van der Waals surface area (Å²) in [6, 6.07) is 26.6. The number of hydrogen-bond acceptors (Lipinski definition) is 4. The maximum Gasteiger partial charge on any atom is 0.338 e. The van der Waals surface area contributed by atoms with Crippen LogP contribution in [-0.2, 0) is 21.1 Å². The second kappa shape index (κ2) is 16.9. The Morgan fingerprint density at radius 2 is 1.39 bits per heavy atom. The van der Waals surface area contributed by atoms with Crippen molar-refractivity contribution in [3.63, 3.8) is 0 Å². The third-order valence-electron chi connectivity index (χ3n) is 10.1. The van der Waals surface area contributed by atoms with E-state index in [9.17, 15) is 4.79 Å². The Bertz CT molecular complexity index is 1250. The Labute approximate surface area is 268 Å². The van der Waals surface area contributed by atoms with Crippen LogP contribution in [0.25, 0.3) is 0 Å². The molecule has 1 atom stereocenters. The van der Waals surface area contributed by atoms with Gasteiger partial charge < -0.3 is 4.74 Å². The van der Waals surface area contributed by atoms with E-state index >= 15 is 0 Å². The molecule has 4 heteroatoms. The lowest BCUT2D eigenvalue weighted by Gasteiger charge is -2.29. The Hall–Kier alpha value is -2.95. The van der Waals surface area contributed by atoms with Crippen molar-refractivity contribution in [1.29, 1.82) is 0 Å². The van der Waals surface area contributed by atoms with Crippen molar-refractivity contribution in [3.05, 3.63) is 107 Å². The number of esters is 1. The zero-order chi connectivity index (χ0) is 30.6. The molecule has 0 N–H and O–H groups in total. The molecule has 0 amide bonds. The van der Waals surface area contributed by atoms with E-state index in [2.05, 4.69) is 50.2 Å². The lowest BCUT2D eigenvalue weighted by molar-refractivity contribution is -0.340. The van der Waals surface area contributed by atoms with Crippen molar-refractivity contribution < 1.29 is 22.2 Å². The zero-order valence-electron chi connectivity index (χ0n) is 26.9. The predicted molar refractivity (Wildman–Crippen MR) is 182 cm³/mol. The number of carbonyl (C=O) groups is 1. The third-order valence-corrected chi connectivity index (χ3v) is 10.1. The molecule has 44 heavy (non-hydrogen) atoms. The normalized spacial score (nSPS) is 22.8. The lowest BCUT2D eigenvalue weighted by Crippen LogP contribution is -2.16. The standard InChI is InChI=1S/C40H52O4.2H2/c1-3-4-6-9-31-14-20-34(21-15-31)35-22-16-32(17-23-35)28-43-44-39(37-10-7-5-8-11-37)29-42-40(41)38-26-24-36(25-27-38)33-18-12-30(2)13-19-33;;/h5,7-8,10-11,16-17,22-27,30-31,33-34,39H,3-4,6,9,12-15,18-21,28-29H2,1-2H3;2*1H. The molecule has 5 rings (SSSR count). The summed E-state index contributed by atoms with van der Waals surface area (Å²) in [4.78, 5) is 24.5. The van der Waals surface area contributed by atoms with Crippen LogP contribution in [0.2, 0.25) is 0 Å². The van der Waals surface area contributed by atoms with Gasteiger partial charge in [-0.3, -0.25) is 0 Å². The van der Waals surface area contributed by atoms with E-state index in [1.54, 1.807) is 0 Å². The molecule has 0 heterocycles. The fourth-order valence-corrected chi connectivity index (χ4v) is 7.10. The average molecular weight is 601 g/mol. The van der Waals surface area contributed by atoms with Gasteiger partial charge in [0.2, 0.25) is 0 Å². The van der Waals surface area contributed by atoms with Crippen molar-refractivity contribution in [1.82, 2.24) is 0 Å². The minimum absolute atomic E-state index is 0. The molecule has 0 aromatic heterocycles. The van der Waals surface area contributed by atoms with Crippen molar-refractivity contribution >= 4 is 5.97 Å². The molecular weight excluding hydrogens is 544 g/mol. The van der Waals surface area contributed by atoms with Gasteiger partial charge in [-0.2, -0.15) is 0 Å². The first-order chi connectivity index (χ1) is 21.6. The van der Waals surface area contributed by atoms with Crippen LogP contribution in [0, 0.1) is 11.8 Å². The number of rotatable bonds is 14. The second-order valence-corrected chi connectivity index (χ2v) is 13.4. The fraction of sp³-hybridized carbons (Fsp3) is 0.525. The van der Waals surface area contributed by atoms with Crippen molar-refractivity contribution in [3.8, 4) is 0 Å². The van der Waals surface area contributed by atoms with Crippen LogP contribution >= 0.6 is 0 Å². The highest BCUT2D eigenvalue weighted by Gasteiger charge is 2.23. The van der Waals surface area contributed by atoms with Crippen molar-refractivity contribution in [2.24, 2.45) is 11.8 Å². The molecule has 2 fully saturated rings. The topological polar surface area (TPSA) is 44.8 Å². The molecule has 1 unspecified atom stereocenters. The molecule has 4 nitrogen and oxygen atoms in total. The van der Waals surface area contributed by atoms with Gasteiger partial charge in [-0.05, 0) is 96.6 Å². The van der Waals surface area contributed by atoms with Gasteiger partial charge in [0.05, 0.1) is 5.56 Å². The quantitative estimate of drug-likeness (QED) is 0.0799. The van der Waals surface area contributed by atoms with Gasteiger partial charge in [0.15, 0.2) is 6.10 Å². The number of carbonyl (C=O) groups excluding carboxylic acids is 1. The Balaban J connectivity index is 0.00000288. The van der Waals surface area contributed by atoms with E-state index in [0.29, 0.717) is 24.0 Å². The second-order valence-electron chi connectivity index (χ2n) is 13.4. The summed E-state index contributed by atoms with van der Waals surface area (Å²) in [5.41, 5.74) is 5.31. The highest BCUT2D eigenvalue weighted by Crippen LogP contribution is 2.38. The van der Waals surface area contributed by atoms with E-state index < -0.39 is 6.10 Å². The summed E-state index contributed by atoms with van der Waals surface area (Å²) >= 11 is 0. The molecular formula is C40H56O4. The fourth-order valence-electron chi connectivity index (χ4n) is 7.10. The first-order valence-corrected chi connectivity index (χ1v) is 17.3. The van der Waals surface area contributed by atoms with Crippen LogP contribution in [0.3, 0.4) is 0 Å². The number of hydrogen-bond donors (Lipinski definition) is 0. The largest absolute Gasteiger partial charge is 0.459 e. The highest BCUT2D eigenvalue weighted by molar-refractivity contribution is 5.89. The van der Waals surface area contributed by atoms with Crippen molar-refractivity contribution in [2.75, 3.05) is 6.61 Å². The van der Waals surface area contributed by atoms with Gasteiger partial charge >= 0.3 is 5.97 Å². The van der Waals surface area contributed by atoms with E-state index in [1.165, 1.54) is 88.2 Å². The van der Waals surface area contributed by atoms with E-state index in [0.717, 1.165) is 23.0 Å². The van der Waals surface area contributed by atoms with Crippen LogP contribution in [0.5, 0.6) is 0 Å². The van der Waals surface area contributed by atoms with Crippen LogP contribution in [0.1, 0.15) is 144 Å². The monoisotopic (exact) mass is 600 g/mol. The van der Waals surface area contributed by atoms with Crippen LogP contribution in [0.15, 0.2) is 78.9 Å². The van der Waals surface area contributed by atoms with Crippen LogP contribution < -0.4 is 0 Å². The average Bonchev–Trinajstić information content (AvgIpc) is 3.08. The summed E-state index contributed by atoms with van der Waals surface area (Å²) < 4.78 is 5.72. The molecule has 2 saturated carbocycles. The lowest BCUT2D eigenvalue weighted by atomic mass is 9.77. The van der Waals surface area contributed by atoms with Gasteiger partial charge in [-0.15, -0.1) is 0 Å². The first-order valence-electron chi connectivity index (χ1n) is 17.3. The number of ether oxygens (including phenoxy) is 1. The molecule has 0 saturated heterocycles. The maximum absolute atomic E-state index is 12.9. The van der Waals surface area contributed by atoms with Crippen LogP contribution in [-0.4, -0.2) is 12.6 Å². The van der Waals surface area contributed by atoms with Gasteiger partial charge in [0, 0.05) is 2.85 Å². The molecule has 240 valence electrons. The molecule has 2 aliphatic carbocycles. The molecule has 3 aromatic rings. The minimum atomic E-state index is -0.518. The summed E-state index contributed by atoms with van der Waals surface area (Å²) in [6.07, 6.45) is 15.3. The van der Waals surface area contributed by atoms with Gasteiger partial charge in [0.1, 0.15) is 13.2 Å². The summed E-state index contributed by atoms with van der Waals surface area (Å²) in [5.74, 6) is 2.68. The molecule has 0 aliphatic heterocycles. The van der Waals surface area contributed by atoms with Gasteiger partial charge in [-0.1, -0.05) is 119 Å². The smallest absolute Gasteiger partial charge is 0.338 e. The Kier molecular flexibility index (Phi) is 12.5. The highest BCUT2D eigenvalue weighted by atomic mass is 17.2. The maximum atomic E-state index is 12.9. The Morgan fingerprint density at radius 1 is 0.773 bits per heavy atom. The summed E-state index contributed by atoms with van der Waals surface area (Å²) in [7, 11) is 0. The Morgan fingerprint density at radius 3 is 2.02 bits per heavy atom. The molecule has 3 aromatic carbocycles. The summed E-state index contributed by atoms with van der Waals surface area (Å²) in [5, 5.41) is 0. The third kappa shape index (κ3) is 9.52. The van der Waals surface area contributed by atoms with Crippen molar-refractivity contribution in [2.45, 2.75) is 115 Å². The molecule has 2 aliphatic rings. The van der Waals surface area contributed by atoms with Crippen LogP contribution in [0.4, 0.5) is 0 Å². The van der Waals surface area contributed by atoms with E-state index in [4.69, 9.17) is 14.5 Å². The summed E-state index contributed by atoms with van der Waals surface area (Å²) in [6.45, 7) is 5.04. The van der Waals surface area contributed by atoms with Gasteiger partial charge in [0.25, 0.3) is 0 Å². The zero-order valence-corrected chi connectivity index (χ0v) is 26.9. The first kappa shape index (κ1) is 32.4. The van der Waals surface area contributed by atoms with E-state index in [-0.39, 0.29) is 15.4 Å². The predicted octanol–water partition coefficient (Wildman–Crippen LogP) is 11.4. The molecule has 0 bridgehead atoms. The number of unbranched alkanes of at least 4 members (excludes halogenated alkanes) is 2. The van der Waals surface area contributed by atoms with Gasteiger partial charge in [-0.25, -0.2) is 14.6 Å². The molecule has 0 spiro atoms. The minimum Gasteiger partial charge on any atom is -0.459 e. The van der Waals surface area contributed by atoms with E-state index in [1.807, 2.05) is 42.5 Å².